The van der Waals surface area contributed by atoms with Crippen molar-refractivity contribution in [2.45, 2.75) is 38.7 Å². The topological polar surface area (TPSA) is 73.1 Å². The van der Waals surface area contributed by atoms with Crippen molar-refractivity contribution in [3.63, 3.8) is 0 Å². The third-order valence-corrected chi connectivity index (χ3v) is 3.31. The van der Waals surface area contributed by atoms with Crippen molar-refractivity contribution in [3.05, 3.63) is 11.0 Å². The third kappa shape index (κ3) is 3.46. The zero-order valence-electron chi connectivity index (χ0n) is 10.6. The summed E-state index contributed by atoms with van der Waals surface area (Å²) in [6, 6.07) is 0. The molecule has 18 heavy (non-hydrogen) atoms. The highest BCUT2D eigenvalue weighted by molar-refractivity contribution is 6.28. The lowest BCUT2D eigenvalue weighted by Gasteiger charge is -2.22. The van der Waals surface area contributed by atoms with Crippen molar-refractivity contribution < 1.29 is 4.74 Å². The Morgan fingerprint density at radius 2 is 2.28 bits per heavy atom. The molecule has 1 unspecified atom stereocenters. The van der Waals surface area contributed by atoms with Gasteiger partial charge in [0, 0.05) is 13.2 Å². The molecule has 0 bridgehead atoms. The van der Waals surface area contributed by atoms with Gasteiger partial charge in [-0.1, -0.05) is 0 Å². The van der Waals surface area contributed by atoms with Gasteiger partial charge in [0.1, 0.15) is 0 Å². The molecular formula is C12H19ClN4O. The van der Waals surface area contributed by atoms with Crippen LogP contribution in [0.15, 0.2) is 0 Å². The molecule has 100 valence electrons. The second-order valence-electron chi connectivity index (χ2n) is 4.54. The van der Waals surface area contributed by atoms with E-state index < -0.39 is 0 Å². The number of rotatable bonds is 4. The molecule has 1 aliphatic rings. The maximum atomic E-state index is 5.89. The minimum absolute atomic E-state index is 0.220. The molecule has 0 saturated carbocycles. The maximum Gasteiger partial charge on any atom is 0.224 e. The first kappa shape index (κ1) is 13.4. The summed E-state index contributed by atoms with van der Waals surface area (Å²) in [6.07, 6.45) is 4.88. The Labute approximate surface area is 112 Å². The van der Waals surface area contributed by atoms with Crippen LogP contribution in [0.4, 0.5) is 11.5 Å². The zero-order chi connectivity index (χ0) is 13.0. The fourth-order valence-corrected chi connectivity index (χ4v) is 2.28. The van der Waals surface area contributed by atoms with Crippen LogP contribution in [0, 0.1) is 6.92 Å². The average Bonchev–Trinajstić information content (AvgIpc) is 2.36. The minimum atomic E-state index is 0.220. The summed E-state index contributed by atoms with van der Waals surface area (Å²) in [4.78, 5) is 8.09. The van der Waals surface area contributed by atoms with Gasteiger partial charge in [0.2, 0.25) is 5.28 Å². The van der Waals surface area contributed by atoms with Crippen molar-refractivity contribution in [2.75, 3.05) is 24.2 Å². The molecule has 2 heterocycles. The van der Waals surface area contributed by atoms with Crippen LogP contribution in [0.5, 0.6) is 0 Å². The summed E-state index contributed by atoms with van der Waals surface area (Å²) in [5.41, 5.74) is 7.15. The van der Waals surface area contributed by atoms with Crippen molar-refractivity contribution in [2.24, 2.45) is 0 Å². The van der Waals surface area contributed by atoms with Crippen LogP contribution in [0.2, 0.25) is 5.28 Å². The molecule has 0 spiro atoms. The van der Waals surface area contributed by atoms with Gasteiger partial charge in [-0.2, -0.15) is 4.98 Å². The Morgan fingerprint density at radius 3 is 3.00 bits per heavy atom. The number of nitrogens with two attached hydrogens (primary N) is 1. The monoisotopic (exact) mass is 270 g/mol. The van der Waals surface area contributed by atoms with E-state index in [2.05, 4.69) is 15.3 Å². The molecule has 1 saturated heterocycles. The number of nitrogens with zero attached hydrogens (tertiary/aromatic N) is 2. The number of nitrogens with one attached hydrogen (secondary N) is 1. The average molecular weight is 271 g/mol. The molecular weight excluding hydrogens is 252 g/mol. The first-order valence-electron chi connectivity index (χ1n) is 6.32. The lowest BCUT2D eigenvalue weighted by atomic mass is 10.1. The van der Waals surface area contributed by atoms with Crippen LogP contribution < -0.4 is 11.1 Å². The molecule has 1 aromatic heterocycles. The summed E-state index contributed by atoms with van der Waals surface area (Å²) in [5, 5.41) is 3.42. The molecule has 2 rings (SSSR count). The second-order valence-corrected chi connectivity index (χ2v) is 4.88. The van der Waals surface area contributed by atoms with Crippen LogP contribution in [0.3, 0.4) is 0 Å². The van der Waals surface area contributed by atoms with Crippen LogP contribution in [0.1, 0.15) is 31.4 Å². The van der Waals surface area contributed by atoms with E-state index >= 15 is 0 Å². The Bertz CT molecular complexity index is 407. The van der Waals surface area contributed by atoms with E-state index in [0.29, 0.717) is 23.3 Å². The van der Waals surface area contributed by atoms with E-state index in [4.69, 9.17) is 22.1 Å². The van der Waals surface area contributed by atoms with Gasteiger partial charge in [0.15, 0.2) is 5.82 Å². The van der Waals surface area contributed by atoms with Gasteiger partial charge in [-0.15, -0.1) is 0 Å². The van der Waals surface area contributed by atoms with Gasteiger partial charge >= 0.3 is 0 Å². The lowest BCUT2D eigenvalue weighted by molar-refractivity contribution is 0.0134. The number of aromatic nitrogens is 2. The molecule has 5 nitrogen and oxygen atoms in total. The number of hydrogen-bond acceptors (Lipinski definition) is 5. The lowest BCUT2D eigenvalue weighted by Crippen LogP contribution is -2.22. The van der Waals surface area contributed by atoms with Crippen molar-refractivity contribution in [3.8, 4) is 0 Å². The summed E-state index contributed by atoms with van der Waals surface area (Å²) in [7, 11) is 0. The van der Waals surface area contributed by atoms with Crippen LogP contribution >= 0.6 is 11.6 Å². The summed E-state index contributed by atoms with van der Waals surface area (Å²) in [6.45, 7) is 3.48. The van der Waals surface area contributed by atoms with Gasteiger partial charge < -0.3 is 15.8 Å². The highest BCUT2D eigenvalue weighted by Gasteiger charge is 2.14. The first-order valence-corrected chi connectivity index (χ1v) is 6.69. The quantitative estimate of drug-likeness (QED) is 0.822. The molecule has 3 N–H and O–H groups in total. The Kier molecular flexibility index (Phi) is 4.60. The molecule has 1 aromatic rings. The fourth-order valence-electron chi connectivity index (χ4n) is 2.07. The number of halogens is 1. The van der Waals surface area contributed by atoms with Gasteiger partial charge in [0.05, 0.1) is 17.5 Å². The maximum absolute atomic E-state index is 5.89. The van der Waals surface area contributed by atoms with Crippen molar-refractivity contribution in [1.82, 2.24) is 9.97 Å². The van der Waals surface area contributed by atoms with Gasteiger partial charge in [-0.05, 0) is 44.2 Å². The normalized spacial score (nSPS) is 19.8. The van der Waals surface area contributed by atoms with E-state index in [1.807, 2.05) is 6.92 Å². The van der Waals surface area contributed by atoms with Gasteiger partial charge in [-0.3, -0.25) is 0 Å². The third-order valence-electron chi connectivity index (χ3n) is 3.14. The Hall–Kier alpha value is -1.07. The Morgan fingerprint density at radius 1 is 1.44 bits per heavy atom. The highest BCUT2D eigenvalue weighted by Crippen LogP contribution is 2.21. The first-order chi connectivity index (χ1) is 8.66. The largest absolute Gasteiger partial charge is 0.394 e. The van der Waals surface area contributed by atoms with E-state index in [0.717, 1.165) is 26.0 Å². The van der Waals surface area contributed by atoms with Crippen LogP contribution in [-0.4, -0.2) is 29.2 Å². The molecule has 0 amide bonds. The number of nitrogen functional groups attached to an aromatic ring is 1. The highest BCUT2D eigenvalue weighted by atomic mass is 35.5. The molecule has 0 aliphatic carbocycles. The van der Waals surface area contributed by atoms with Crippen molar-refractivity contribution >= 4 is 23.1 Å². The molecule has 0 radical (unpaired) electrons. The zero-order valence-corrected chi connectivity index (χ0v) is 11.3. The van der Waals surface area contributed by atoms with E-state index in [1.54, 1.807) is 0 Å². The Balaban J connectivity index is 1.86. The summed E-state index contributed by atoms with van der Waals surface area (Å²) >= 11 is 5.81. The SMILES string of the molecule is Cc1nc(Cl)nc(NCCC2CCCCO2)c1N. The summed E-state index contributed by atoms with van der Waals surface area (Å²) in [5.74, 6) is 0.614. The van der Waals surface area contributed by atoms with Crippen LogP contribution in [0.25, 0.3) is 0 Å². The predicted molar refractivity (Wildman–Crippen MR) is 72.9 cm³/mol. The van der Waals surface area contributed by atoms with E-state index in [9.17, 15) is 0 Å². The minimum Gasteiger partial charge on any atom is -0.394 e. The van der Waals surface area contributed by atoms with E-state index in [1.165, 1.54) is 12.8 Å². The number of anilines is 2. The molecule has 1 fully saturated rings. The predicted octanol–water partition coefficient (Wildman–Crippen LogP) is 2.39. The number of hydrogen-bond donors (Lipinski definition) is 2. The molecule has 1 aliphatic heterocycles. The van der Waals surface area contributed by atoms with Gasteiger partial charge in [0.25, 0.3) is 0 Å². The number of aryl methyl sites for hydroxylation is 1. The molecule has 6 heteroatoms. The van der Waals surface area contributed by atoms with Gasteiger partial charge in [-0.25, -0.2) is 4.98 Å². The van der Waals surface area contributed by atoms with E-state index in [-0.39, 0.29) is 5.28 Å². The summed E-state index contributed by atoms with van der Waals surface area (Å²) < 4.78 is 5.66. The number of ether oxygens (including phenoxy) is 1. The fraction of sp³-hybridized carbons (Fsp3) is 0.667. The smallest absolute Gasteiger partial charge is 0.224 e. The molecule has 1 atom stereocenters. The van der Waals surface area contributed by atoms with Crippen LogP contribution in [-0.2, 0) is 4.74 Å². The van der Waals surface area contributed by atoms with Crippen molar-refractivity contribution in [1.29, 1.82) is 0 Å². The second kappa shape index (κ2) is 6.20. The molecule has 0 aromatic carbocycles. The standard InChI is InChI=1S/C12H19ClN4O/c1-8-10(14)11(17-12(13)16-8)15-6-5-9-4-2-3-7-18-9/h9H,2-7,14H2,1H3,(H,15,16,17).